The Labute approximate surface area is 156 Å². The van der Waals surface area contributed by atoms with Gasteiger partial charge in [0.1, 0.15) is 12.1 Å². The number of anilines is 3. The summed E-state index contributed by atoms with van der Waals surface area (Å²) in [7, 11) is 1.52. The Hall–Kier alpha value is -2.61. The third kappa shape index (κ3) is 3.65. The van der Waals surface area contributed by atoms with E-state index in [4.69, 9.17) is 16.3 Å². The molecule has 0 spiro atoms. The zero-order chi connectivity index (χ0) is 18.7. The number of piperidine rings is 1. The van der Waals surface area contributed by atoms with E-state index in [1.807, 2.05) is 4.90 Å². The Balaban J connectivity index is 2.04. The molecule has 3 rings (SSSR count). The predicted molar refractivity (Wildman–Crippen MR) is 101 cm³/mol. The molecule has 0 aliphatic carbocycles. The van der Waals surface area contributed by atoms with Gasteiger partial charge in [-0.05, 0) is 44.4 Å². The lowest BCUT2D eigenvalue weighted by molar-refractivity contribution is -0.383. The van der Waals surface area contributed by atoms with Gasteiger partial charge in [-0.3, -0.25) is 10.1 Å². The van der Waals surface area contributed by atoms with Crippen molar-refractivity contribution in [3.8, 4) is 5.75 Å². The van der Waals surface area contributed by atoms with Crippen molar-refractivity contribution in [2.24, 2.45) is 0 Å². The molecule has 26 heavy (non-hydrogen) atoms. The quantitative estimate of drug-likeness (QED) is 0.617. The largest absolute Gasteiger partial charge is 0.495 e. The van der Waals surface area contributed by atoms with E-state index < -0.39 is 4.92 Å². The van der Waals surface area contributed by atoms with Gasteiger partial charge >= 0.3 is 5.69 Å². The zero-order valence-electron chi connectivity index (χ0n) is 14.6. The van der Waals surface area contributed by atoms with Crippen LogP contribution in [0.5, 0.6) is 5.75 Å². The molecule has 1 fully saturated rings. The molecule has 2 heterocycles. The summed E-state index contributed by atoms with van der Waals surface area (Å²) in [6, 6.07) is 5.19. The van der Waals surface area contributed by atoms with Gasteiger partial charge < -0.3 is 15.0 Å². The van der Waals surface area contributed by atoms with Gasteiger partial charge in [-0.1, -0.05) is 11.6 Å². The van der Waals surface area contributed by atoms with Crippen LogP contribution in [-0.4, -0.2) is 34.6 Å². The van der Waals surface area contributed by atoms with Crippen LogP contribution in [0.1, 0.15) is 26.2 Å². The van der Waals surface area contributed by atoms with E-state index in [-0.39, 0.29) is 17.5 Å². The SMILES string of the molecule is COc1ccc(Cl)cc1Nc1ncnc(N2CCCCC2C)c1[N+](=O)[O-]. The molecule has 1 aromatic carbocycles. The number of rotatable bonds is 5. The summed E-state index contributed by atoms with van der Waals surface area (Å²) >= 11 is 6.04. The van der Waals surface area contributed by atoms with Crippen LogP contribution in [0.15, 0.2) is 24.5 Å². The molecule has 1 N–H and O–H groups in total. The van der Waals surface area contributed by atoms with Gasteiger partial charge in [0.05, 0.1) is 17.7 Å². The summed E-state index contributed by atoms with van der Waals surface area (Å²) in [6.07, 6.45) is 4.41. The standard InChI is InChI=1S/C17H20ClN5O3/c1-11-5-3-4-8-22(11)17-15(23(24)25)16(19-10-20-17)21-13-9-12(18)6-7-14(13)26-2/h6-7,9-11H,3-5,8H2,1-2H3,(H,19,20,21). The van der Waals surface area contributed by atoms with Crippen LogP contribution < -0.4 is 15.0 Å². The summed E-state index contributed by atoms with van der Waals surface area (Å²) in [5, 5.41) is 15.3. The lowest BCUT2D eigenvalue weighted by atomic mass is 10.0. The highest BCUT2D eigenvalue weighted by molar-refractivity contribution is 6.31. The summed E-state index contributed by atoms with van der Waals surface area (Å²) in [5.74, 6) is 0.953. The van der Waals surface area contributed by atoms with Crippen molar-refractivity contribution in [3.05, 3.63) is 39.7 Å². The molecule has 1 saturated heterocycles. The van der Waals surface area contributed by atoms with Crippen LogP contribution in [0, 0.1) is 10.1 Å². The maximum Gasteiger partial charge on any atom is 0.353 e. The predicted octanol–water partition coefficient (Wildman–Crippen LogP) is 4.17. The first-order chi connectivity index (χ1) is 12.5. The molecule has 1 aromatic heterocycles. The molecule has 9 heteroatoms. The number of nitrogens with zero attached hydrogens (tertiary/aromatic N) is 4. The second-order valence-corrected chi connectivity index (χ2v) is 6.60. The lowest BCUT2D eigenvalue weighted by Crippen LogP contribution is -2.38. The van der Waals surface area contributed by atoms with Gasteiger partial charge in [0, 0.05) is 17.6 Å². The number of hydrogen-bond donors (Lipinski definition) is 1. The van der Waals surface area contributed by atoms with Gasteiger partial charge in [-0.15, -0.1) is 0 Å². The molecule has 1 aliphatic rings. The van der Waals surface area contributed by atoms with Crippen molar-refractivity contribution in [3.63, 3.8) is 0 Å². The Morgan fingerprint density at radius 2 is 2.19 bits per heavy atom. The van der Waals surface area contributed by atoms with Crippen molar-refractivity contribution in [2.45, 2.75) is 32.2 Å². The molecule has 1 atom stereocenters. The number of methoxy groups -OCH3 is 1. The monoisotopic (exact) mass is 377 g/mol. The third-order valence-corrected chi connectivity index (χ3v) is 4.71. The highest BCUT2D eigenvalue weighted by Crippen LogP contribution is 2.38. The lowest BCUT2D eigenvalue weighted by Gasteiger charge is -2.33. The molecular weight excluding hydrogens is 358 g/mol. The minimum atomic E-state index is -0.448. The average molecular weight is 378 g/mol. The van der Waals surface area contributed by atoms with E-state index in [1.54, 1.807) is 18.2 Å². The summed E-state index contributed by atoms with van der Waals surface area (Å²) in [5.41, 5.74) is 0.350. The first-order valence-corrected chi connectivity index (χ1v) is 8.75. The molecule has 0 radical (unpaired) electrons. The van der Waals surface area contributed by atoms with Crippen molar-refractivity contribution >= 4 is 34.6 Å². The number of halogens is 1. The number of aromatic nitrogens is 2. The second kappa shape index (κ2) is 7.74. The fraction of sp³-hybridized carbons (Fsp3) is 0.412. The normalized spacial score (nSPS) is 17.0. The van der Waals surface area contributed by atoms with Gasteiger partial charge in [0.2, 0.25) is 11.6 Å². The van der Waals surface area contributed by atoms with Crippen LogP contribution in [0.2, 0.25) is 5.02 Å². The molecule has 0 saturated carbocycles. The van der Waals surface area contributed by atoms with Gasteiger partial charge in [0.25, 0.3) is 0 Å². The highest BCUT2D eigenvalue weighted by atomic mass is 35.5. The van der Waals surface area contributed by atoms with E-state index >= 15 is 0 Å². The topological polar surface area (TPSA) is 93.4 Å². The van der Waals surface area contributed by atoms with Crippen molar-refractivity contribution in [1.82, 2.24) is 9.97 Å². The van der Waals surface area contributed by atoms with Crippen LogP contribution in [0.3, 0.4) is 0 Å². The van der Waals surface area contributed by atoms with E-state index in [2.05, 4.69) is 22.2 Å². The molecule has 138 valence electrons. The van der Waals surface area contributed by atoms with Crippen LogP contribution >= 0.6 is 11.6 Å². The molecule has 1 unspecified atom stereocenters. The first-order valence-electron chi connectivity index (χ1n) is 8.38. The van der Waals surface area contributed by atoms with Gasteiger partial charge in [0.15, 0.2) is 0 Å². The molecule has 0 bridgehead atoms. The summed E-state index contributed by atoms with van der Waals surface area (Å²) in [4.78, 5) is 21.6. The molecule has 0 amide bonds. The maximum absolute atomic E-state index is 11.8. The van der Waals surface area contributed by atoms with E-state index in [9.17, 15) is 10.1 Å². The van der Waals surface area contributed by atoms with Crippen molar-refractivity contribution in [1.29, 1.82) is 0 Å². The number of ether oxygens (including phenoxy) is 1. The third-order valence-electron chi connectivity index (χ3n) is 4.48. The fourth-order valence-corrected chi connectivity index (χ4v) is 3.33. The average Bonchev–Trinajstić information content (AvgIpc) is 2.62. The summed E-state index contributed by atoms with van der Waals surface area (Å²) < 4.78 is 5.29. The summed E-state index contributed by atoms with van der Waals surface area (Å²) in [6.45, 7) is 2.79. The maximum atomic E-state index is 11.8. The Bertz CT molecular complexity index is 817. The van der Waals surface area contributed by atoms with Gasteiger partial charge in [-0.25, -0.2) is 9.97 Å². The van der Waals surface area contributed by atoms with Gasteiger partial charge in [-0.2, -0.15) is 0 Å². The van der Waals surface area contributed by atoms with Crippen molar-refractivity contribution < 1.29 is 9.66 Å². The van der Waals surface area contributed by atoms with E-state index in [1.165, 1.54) is 13.4 Å². The van der Waals surface area contributed by atoms with Crippen molar-refractivity contribution in [2.75, 3.05) is 23.9 Å². The first kappa shape index (κ1) is 18.2. The minimum Gasteiger partial charge on any atom is -0.495 e. The number of nitro groups is 1. The second-order valence-electron chi connectivity index (χ2n) is 6.16. The smallest absolute Gasteiger partial charge is 0.353 e. The zero-order valence-corrected chi connectivity index (χ0v) is 15.4. The number of hydrogen-bond acceptors (Lipinski definition) is 7. The Morgan fingerprint density at radius 1 is 1.38 bits per heavy atom. The number of nitrogens with one attached hydrogen (secondary N) is 1. The minimum absolute atomic E-state index is 0.110. The van der Waals surface area contributed by atoms with Crippen LogP contribution in [0.4, 0.5) is 23.0 Å². The highest BCUT2D eigenvalue weighted by Gasteiger charge is 2.31. The molecule has 1 aliphatic heterocycles. The van der Waals surface area contributed by atoms with Crippen LogP contribution in [0.25, 0.3) is 0 Å². The van der Waals surface area contributed by atoms with E-state index in [0.29, 0.717) is 22.3 Å². The van der Waals surface area contributed by atoms with E-state index in [0.717, 1.165) is 25.8 Å². The molecular formula is C17H20ClN5O3. The molecule has 8 nitrogen and oxygen atoms in total. The Morgan fingerprint density at radius 3 is 2.88 bits per heavy atom. The Kier molecular flexibility index (Phi) is 5.41. The molecule has 2 aromatic rings. The van der Waals surface area contributed by atoms with Crippen LogP contribution in [-0.2, 0) is 0 Å². The number of benzene rings is 1. The fourth-order valence-electron chi connectivity index (χ4n) is 3.16.